The molecule has 21 heavy (non-hydrogen) atoms. The quantitative estimate of drug-likeness (QED) is 0.855. The lowest BCUT2D eigenvalue weighted by atomic mass is 10.0. The van der Waals surface area contributed by atoms with Gasteiger partial charge in [-0.25, -0.2) is 4.98 Å². The van der Waals surface area contributed by atoms with E-state index in [2.05, 4.69) is 46.9 Å². The van der Waals surface area contributed by atoms with E-state index < -0.39 is 0 Å². The Bertz CT molecular complexity index is 618. The predicted octanol–water partition coefficient (Wildman–Crippen LogP) is 4.30. The first-order chi connectivity index (χ1) is 9.86. The Morgan fingerprint density at radius 2 is 2.05 bits per heavy atom. The molecule has 1 unspecified atom stereocenters. The molecule has 2 aromatic rings. The van der Waals surface area contributed by atoms with Gasteiger partial charge < -0.3 is 10.5 Å². The highest BCUT2D eigenvalue weighted by atomic mass is 79.9. The summed E-state index contributed by atoms with van der Waals surface area (Å²) < 4.78 is 7.11. The van der Waals surface area contributed by atoms with Crippen LogP contribution in [0.5, 0.6) is 5.75 Å². The second kappa shape index (κ2) is 6.90. The van der Waals surface area contributed by atoms with Crippen LogP contribution in [0.4, 0.5) is 0 Å². The molecule has 114 valence electrons. The highest BCUT2D eigenvalue weighted by Crippen LogP contribution is 2.30. The predicted molar refractivity (Wildman–Crippen MR) is 92.2 cm³/mol. The summed E-state index contributed by atoms with van der Waals surface area (Å²) in [6.07, 6.45) is 0.797. The Kier molecular flexibility index (Phi) is 5.41. The normalized spacial score (nSPS) is 12.5. The lowest BCUT2D eigenvalue weighted by Crippen LogP contribution is -2.18. The second-order valence-electron chi connectivity index (χ2n) is 5.43. The van der Waals surface area contributed by atoms with Crippen LogP contribution in [-0.4, -0.2) is 11.0 Å². The maximum absolute atomic E-state index is 6.05. The number of nitrogens with two attached hydrogens (primary N) is 1. The molecule has 3 nitrogen and oxygen atoms in total. The van der Waals surface area contributed by atoms with Crippen LogP contribution in [-0.2, 0) is 13.0 Å². The molecule has 1 heterocycles. The van der Waals surface area contributed by atoms with Crippen molar-refractivity contribution < 1.29 is 4.74 Å². The summed E-state index contributed by atoms with van der Waals surface area (Å²) in [7, 11) is 0. The number of rotatable bonds is 5. The van der Waals surface area contributed by atoms with Gasteiger partial charge in [-0.15, -0.1) is 11.3 Å². The van der Waals surface area contributed by atoms with E-state index in [9.17, 15) is 0 Å². The van der Waals surface area contributed by atoms with Gasteiger partial charge >= 0.3 is 0 Å². The number of hydrogen-bond donors (Lipinski definition) is 1. The molecule has 0 amide bonds. The number of aryl methyl sites for hydroxylation is 3. The van der Waals surface area contributed by atoms with Crippen LogP contribution in [0.15, 0.2) is 16.6 Å². The van der Waals surface area contributed by atoms with E-state index in [1.165, 1.54) is 4.88 Å². The van der Waals surface area contributed by atoms with E-state index >= 15 is 0 Å². The fraction of sp³-hybridized carbons (Fsp3) is 0.438. The van der Waals surface area contributed by atoms with Crippen molar-refractivity contribution in [3.05, 3.63) is 43.3 Å². The molecule has 0 aliphatic carbocycles. The summed E-state index contributed by atoms with van der Waals surface area (Å²) in [5, 5.41) is 1.01. The Morgan fingerprint density at radius 1 is 1.33 bits per heavy atom. The highest BCUT2D eigenvalue weighted by Gasteiger charge is 2.12. The van der Waals surface area contributed by atoms with E-state index in [1.807, 2.05) is 13.8 Å². The third-order valence-corrected chi connectivity index (χ3v) is 4.78. The largest absolute Gasteiger partial charge is 0.486 e. The van der Waals surface area contributed by atoms with Crippen LogP contribution < -0.4 is 10.5 Å². The number of aromatic nitrogens is 1. The SMILES string of the molecule is Cc1cc(Br)cc(CC(C)N)c1OCc1nc(C)c(C)s1. The number of ether oxygens (including phenoxy) is 1. The Hall–Kier alpha value is -0.910. The lowest BCUT2D eigenvalue weighted by Gasteiger charge is -2.15. The van der Waals surface area contributed by atoms with Crippen molar-refractivity contribution in [2.45, 2.75) is 46.8 Å². The summed E-state index contributed by atoms with van der Waals surface area (Å²) in [5.74, 6) is 0.931. The van der Waals surface area contributed by atoms with Gasteiger partial charge in [-0.2, -0.15) is 0 Å². The van der Waals surface area contributed by atoms with E-state index in [0.717, 1.165) is 38.5 Å². The Labute approximate surface area is 138 Å². The maximum atomic E-state index is 6.05. The summed E-state index contributed by atoms with van der Waals surface area (Å²) >= 11 is 5.23. The summed E-state index contributed by atoms with van der Waals surface area (Å²) in [4.78, 5) is 5.77. The van der Waals surface area contributed by atoms with E-state index in [1.54, 1.807) is 11.3 Å². The average Bonchev–Trinajstić information content (AvgIpc) is 2.66. The van der Waals surface area contributed by atoms with Crippen molar-refractivity contribution in [3.8, 4) is 5.75 Å². The minimum atomic E-state index is 0.102. The minimum Gasteiger partial charge on any atom is -0.486 e. The molecule has 1 atom stereocenters. The zero-order valence-corrected chi connectivity index (χ0v) is 15.3. The van der Waals surface area contributed by atoms with Gasteiger partial charge in [0.2, 0.25) is 0 Å². The summed E-state index contributed by atoms with van der Waals surface area (Å²) in [6.45, 7) is 8.69. The molecule has 0 radical (unpaired) electrons. The first kappa shape index (κ1) is 16.5. The first-order valence-corrected chi connectivity index (χ1v) is 8.58. The fourth-order valence-corrected chi connectivity index (χ4v) is 3.71. The van der Waals surface area contributed by atoms with Gasteiger partial charge in [0, 0.05) is 15.4 Å². The Balaban J connectivity index is 2.21. The molecule has 0 fully saturated rings. The molecule has 0 aliphatic heterocycles. The molecule has 5 heteroatoms. The fourth-order valence-electron chi connectivity index (χ4n) is 2.24. The number of thiazole rings is 1. The van der Waals surface area contributed by atoms with Gasteiger partial charge in [-0.3, -0.25) is 0 Å². The van der Waals surface area contributed by atoms with Gasteiger partial charge in [0.1, 0.15) is 17.4 Å². The van der Waals surface area contributed by atoms with Crippen molar-refractivity contribution in [1.82, 2.24) is 4.98 Å². The maximum Gasteiger partial charge on any atom is 0.140 e. The van der Waals surface area contributed by atoms with Crippen molar-refractivity contribution in [1.29, 1.82) is 0 Å². The zero-order chi connectivity index (χ0) is 15.6. The van der Waals surface area contributed by atoms with Crippen LogP contribution in [0.3, 0.4) is 0 Å². The molecule has 0 aliphatic rings. The van der Waals surface area contributed by atoms with Crippen molar-refractivity contribution in [2.24, 2.45) is 5.73 Å². The molecular weight excluding hydrogens is 348 g/mol. The molecule has 0 spiro atoms. The van der Waals surface area contributed by atoms with Crippen molar-refractivity contribution >= 4 is 27.3 Å². The zero-order valence-electron chi connectivity index (χ0n) is 12.9. The van der Waals surface area contributed by atoms with Crippen molar-refractivity contribution in [2.75, 3.05) is 0 Å². The third kappa shape index (κ3) is 4.28. The molecule has 2 N–H and O–H groups in total. The van der Waals surface area contributed by atoms with Gasteiger partial charge in [-0.05, 0) is 57.4 Å². The number of halogens is 1. The number of nitrogens with zero attached hydrogens (tertiary/aromatic N) is 1. The molecule has 0 saturated carbocycles. The van der Waals surface area contributed by atoms with E-state index in [0.29, 0.717) is 6.61 Å². The van der Waals surface area contributed by atoms with Gasteiger partial charge in [-0.1, -0.05) is 15.9 Å². The number of benzene rings is 1. The monoisotopic (exact) mass is 368 g/mol. The van der Waals surface area contributed by atoms with Crippen molar-refractivity contribution in [3.63, 3.8) is 0 Å². The smallest absolute Gasteiger partial charge is 0.140 e. The molecule has 0 saturated heterocycles. The standard InChI is InChI=1S/C16H21BrN2OS/c1-9-5-14(17)7-13(6-10(2)18)16(9)20-8-15-19-11(3)12(4)21-15/h5,7,10H,6,8,18H2,1-4H3. The topological polar surface area (TPSA) is 48.1 Å². The first-order valence-electron chi connectivity index (χ1n) is 6.97. The average molecular weight is 369 g/mol. The van der Waals surface area contributed by atoms with Gasteiger partial charge in [0.05, 0.1) is 5.69 Å². The molecule has 1 aromatic heterocycles. The molecule has 2 rings (SSSR count). The van der Waals surface area contributed by atoms with Crippen LogP contribution in [0.2, 0.25) is 0 Å². The number of hydrogen-bond acceptors (Lipinski definition) is 4. The Morgan fingerprint density at radius 3 is 2.62 bits per heavy atom. The van der Waals surface area contributed by atoms with Crippen LogP contribution in [0.1, 0.15) is 33.6 Å². The van der Waals surface area contributed by atoms with Gasteiger partial charge in [0.15, 0.2) is 0 Å². The van der Waals surface area contributed by atoms with Gasteiger partial charge in [0.25, 0.3) is 0 Å². The van der Waals surface area contributed by atoms with Crippen LogP contribution in [0, 0.1) is 20.8 Å². The van der Waals surface area contributed by atoms with E-state index in [4.69, 9.17) is 10.5 Å². The molecular formula is C16H21BrN2OS. The molecule has 0 bridgehead atoms. The summed E-state index contributed by atoms with van der Waals surface area (Å²) in [5.41, 5.74) is 9.28. The second-order valence-corrected chi connectivity index (χ2v) is 7.63. The highest BCUT2D eigenvalue weighted by molar-refractivity contribution is 9.10. The summed E-state index contributed by atoms with van der Waals surface area (Å²) in [6, 6.07) is 4.26. The van der Waals surface area contributed by atoms with Crippen LogP contribution in [0.25, 0.3) is 0 Å². The molecule has 1 aromatic carbocycles. The van der Waals surface area contributed by atoms with E-state index in [-0.39, 0.29) is 6.04 Å². The lowest BCUT2D eigenvalue weighted by molar-refractivity contribution is 0.299. The third-order valence-electron chi connectivity index (χ3n) is 3.27. The van der Waals surface area contributed by atoms with Crippen LogP contribution >= 0.6 is 27.3 Å². The minimum absolute atomic E-state index is 0.102.